The molecule has 1 aliphatic rings. The summed E-state index contributed by atoms with van der Waals surface area (Å²) in [5, 5.41) is 2.99. The number of thioether (sulfide) groups is 1. The van der Waals surface area contributed by atoms with Crippen molar-refractivity contribution < 1.29 is 9.18 Å². The van der Waals surface area contributed by atoms with Crippen LogP contribution in [0.4, 0.5) is 10.1 Å². The topological polar surface area (TPSA) is 32.3 Å². The molecular weight excluding hydrogens is 359 g/mol. The molecule has 1 saturated heterocycles. The molecule has 1 fully saturated rings. The minimum absolute atomic E-state index is 0.175. The van der Waals surface area contributed by atoms with E-state index in [1.165, 1.54) is 29.2 Å². The molecule has 0 bridgehead atoms. The minimum Gasteiger partial charge on any atom is -0.322 e. The zero-order valence-electron chi connectivity index (χ0n) is 15.8. The van der Waals surface area contributed by atoms with Gasteiger partial charge in [0.25, 0.3) is 0 Å². The summed E-state index contributed by atoms with van der Waals surface area (Å²) in [6, 6.07) is 12.2. The van der Waals surface area contributed by atoms with Gasteiger partial charge in [-0.3, -0.25) is 9.69 Å². The quantitative estimate of drug-likeness (QED) is 0.757. The van der Waals surface area contributed by atoms with Crippen molar-refractivity contribution in [1.82, 2.24) is 4.90 Å². The molecule has 1 heterocycles. The van der Waals surface area contributed by atoms with Crippen LogP contribution in [-0.2, 0) is 11.3 Å². The van der Waals surface area contributed by atoms with E-state index in [9.17, 15) is 9.18 Å². The zero-order valence-corrected chi connectivity index (χ0v) is 16.6. The molecule has 0 aromatic heterocycles. The SMILES string of the molecule is C/C(=C\C(=O)Nc1cccc(CN2CCSCC2)c1C)c1ccc(F)cc1. The van der Waals surface area contributed by atoms with E-state index >= 15 is 0 Å². The van der Waals surface area contributed by atoms with Crippen molar-refractivity contribution in [3.63, 3.8) is 0 Å². The van der Waals surface area contributed by atoms with Crippen molar-refractivity contribution in [1.29, 1.82) is 0 Å². The molecule has 3 rings (SSSR count). The lowest BCUT2D eigenvalue weighted by Crippen LogP contribution is -2.32. The van der Waals surface area contributed by atoms with E-state index in [1.807, 2.05) is 30.8 Å². The molecule has 1 amide bonds. The number of hydrogen-bond acceptors (Lipinski definition) is 3. The molecular formula is C22H25FN2OS. The number of halogens is 1. The van der Waals surface area contributed by atoms with Crippen molar-refractivity contribution in [2.75, 3.05) is 29.9 Å². The summed E-state index contributed by atoms with van der Waals surface area (Å²) < 4.78 is 13.0. The Morgan fingerprint density at radius 1 is 1.19 bits per heavy atom. The number of nitrogens with one attached hydrogen (secondary N) is 1. The van der Waals surface area contributed by atoms with Crippen LogP contribution in [0.5, 0.6) is 0 Å². The Labute approximate surface area is 164 Å². The number of benzene rings is 2. The summed E-state index contributed by atoms with van der Waals surface area (Å²) >= 11 is 2.00. The maximum absolute atomic E-state index is 13.0. The molecule has 142 valence electrons. The minimum atomic E-state index is -0.282. The van der Waals surface area contributed by atoms with Crippen molar-refractivity contribution in [3.8, 4) is 0 Å². The second-order valence-corrected chi connectivity index (χ2v) is 8.03. The van der Waals surface area contributed by atoms with Crippen LogP contribution in [0.25, 0.3) is 5.57 Å². The van der Waals surface area contributed by atoms with Gasteiger partial charge in [0, 0.05) is 42.9 Å². The van der Waals surface area contributed by atoms with Gasteiger partial charge in [0.05, 0.1) is 0 Å². The van der Waals surface area contributed by atoms with E-state index in [2.05, 4.69) is 23.2 Å². The normalized spacial score (nSPS) is 15.6. The lowest BCUT2D eigenvalue weighted by Gasteiger charge is -2.27. The fourth-order valence-corrected chi connectivity index (χ4v) is 4.13. The number of carbonyl (C=O) groups excluding carboxylic acids is 1. The Bertz CT molecular complexity index is 827. The van der Waals surface area contributed by atoms with Gasteiger partial charge in [0.15, 0.2) is 0 Å². The predicted octanol–water partition coefficient (Wildman–Crippen LogP) is 4.72. The van der Waals surface area contributed by atoms with E-state index in [4.69, 9.17) is 0 Å². The van der Waals surface area contributed by atoms with Gasteiger partial charge >= 0.3 is 0 Å². The smallest absolute Gasteiger partial charge is 0.248 e. The van der Waals surface area contributed by atoms with Crippen LogP contribution >= 0.6 is 11.8 Å². The number of allylic oxidation sites excluding steroid dienone is 1. The van der Waals surface area contributed by atoms with Crippen LogP contribution in [-0.4, -0.2) is 35.4 Å². The van der Waals surface area contributed by atoms with Crippen molar-refractivity contribution in [2.24, 2.45) is 0 Å². The first-order valence-electron chi connectivity index (χ1n) is 9.17. The molecule has 0 atom stereocenters. The summed E-state index contributed by atoms with van der Waals surface area (Å²) in [5.41, 5.74) is 4.83. The summed E-state index contributed by atoms with van der Waals surface area (Å²) in [6.07, 6.45) is 1.56. The van der Waals surface area contributed by atoms with E-state index in [0.29, 0.717) is 0 Å². The van der Waals surface area contributed by atoms with Gasteiger partial charge in [-0.25, -0.2) is 4.39 Å². The Kier molecular flexibility index (Phi) is 6.69. The molecule has 27 heavy (non-hydrogen) atoms. The number of rotatable bonds is 5. The number of hydrogen-bond donors (Lipinski definition) is 1. The van der Waals surface area contributed by atoms with Crippen molar-refractivity contribution in [3.05, 3.63) is 71.0 Å². The van der Waals surface area contributed by atoms with Crippen LogP contribution in [0.1, 0.15) is 23.6 Å². The third-order valence-corrected chi connectivity index (χ3v) is 5.79. The lowest BCUT2D eigenvalue weighted by molar-refractivity contribution is -0.111. The van der Waals surface area contributed by atoms with Crippen LogP contribution in [0.15, 0.2) is 48.5 Å². The highest BCUT2D eigenvalue weighted by atomic mass is 32.2. The molecule has 2 aromatic rings. The highest BCUT2D eigenvalue weighted by Gasteiger charge is 2.13. The van der Waals surface area contributed by atoms with Gasteiger partial charge in [-0.05, 0) is 54.3 Å². The molecule has 0 unspecified atom stereocenters. The van der Waals surface area contributed by atoms with Crippen molar-refractivity contribution in [2.45, 2.75) is 20.4 Å². The summed E-state index contributed by atoms with van der Waals surface area (Å²) in [6.45, 7) is 7.05. The van der Waals surface area contributed by atoms with Crippen LogP contribution in [0.2, 0.25) is 0 Å². The van der Waals surface area contributed by atoms with Gasteiger partial charge in [0.2, 0.25) is 5.91 Å². The number of anilines is 1. The Morgan fingerprint density at radius 2 is 1.89 bits per heavy atom. The highest BCUT2D eigenvalue weighted by molar-refractivity contribution is 7.99. The Balaban J connectivity index is 1.69. The summed E-state index contributed by atoms with van der Waals surface area (Å²) in [5.74, 6) is 1.91. The van der Waals surface area contributed by atoms with Crippen LogP contribution < -0.4 is 5.32 Å². The molecule has 1 N–H and O–H groups in total. The average Bonchev–Trinajstić information content (AvgIpc) is 2.66. The monoisotopic (exact) mass is 384 g/mol. The van der Waals surface area contributed by atoms with Crippen molar-refractivity contribution >= 4 is 28.9 Å². The lowest BCUT2D eigenvalue weighted by atomic mass is 10.1. The summed E-state index contributed by atoms with van der Waals surface area (Å²) in [7, 11) is 0. The average molecular weight is 385 g/mol. The standard InChI is InChI=1S/C22H25FN2OS/c1-16(18-6-8-20(23)9-7-18)14-22(26)24-21-5-3-4-19(17(21)2)15-25-10-12-27-13-11-25/h3-9,14H,10-13,15H2,1-2H3,(H,24,26)/b16-14+. The Morgan fingerprint density at radius 3 is 2.59 bits per heavy atom. The molecule has 5 heteroatoms. The molecule has 0 aliphatic carbocycles. The molecule has 0 radical (unpaired) electrons. The molecule has 0 spiro atoms. The van der Waals surface area contributed by atoms with Gasteiger partial charge in [-0.15, -0.1) is 0 Å². The van der Waals surface area contributed by atoms with Gasteiger partial charge in [-0.1, -0.05) is 24.3 Å². The molecule has 0 saturated carbocycles. The third-order valence-electron chi connectivity index (χ3n) is 4.85. The van der Waals surface area contributed by atoms with Gasteiger partial charge in [-0.2, -0.15) is 11.8 Å². The fourth-order valence-electron chi connectivity index (χ4n) is 3.15. The molecule has 3 nitrogen and oxygen atoms in total. The third kappa shape index (κ3) is 5.44. The Hall–Kier alpha value is -2.11. The van der Waals surface area contributed by atoms with Crippen LogP contribution in [0.3, 0.4) is 0 Å². The molecule has 1 aliphatic heterocycles. The maximum Gasteiger partial charge on any atom is 0.248 e. The number of nitrogens with zero attached hydrogens (tertiary/aromatic N) is 1. The predicted molar refractivity (Wildman–Crippen MR) is 112 cm³/mol. The van der Waals surface area contributed by atoms with E-state index < -0.39 is 0 Å². The van der Waals surface area contributed by atoms with Gasteiger partial charge < -0.3 is 5.32 Å². The first-order chi connectivity index (χ1) is 13.0. The van der Waals surface area contributed by atoms with E-state index in [1.54, 1.807) is 18.2 Å². The largest absolute Gasteiger partial charge is 0.322 e. The van der Waals surface area contributed by atoms with Crippen LogP contribution in [0, 0.1) is 12.7 Å². The second-order valence-electron chi connectivity index (χ2n) is 6.80. The van der Waals surface area contributed by atoms with E-state index in [0.717, 1.165) is 42.0 Å². The van der Waals surface area contributed by atoms with Gasteiger partial charge in [0.1, 0.15) is 5.82 Å². The number of carbonyl (C=O) groups is 1. The first kappa shape index (κ1) is 19.6. The maximum atomic E-state index is 13.0. The summed E-state index contributed by atoms with van der Waals surface area (Å²) in [4.78, 5) is 14.9. The van der Waals surface area contributed by atoms with E-state index in [-0.39, 0.29) is 11.7 Å². The highest BCUT2D eigenvalue weighted by Crippen LogP contribution is 2.22. The first-order valence-corrected chi connectivity index (χ1v) is 10.3. The second kappa shape index (κ2) is 9.20. The number of amides is 1. The fraction of sp³-hybridized carbons (Fsp3) is 0.318. The molecule has 2 aromatic carbocycles. The zero-order chi connectivity index (χ0) is 19.2.